The molecule has 2 aliphatic rings. The van der Waals surface area contributed by atoms with Gasteiger partial charge in [-0.3, -0.25) is 9.59 Å². The molecule has 1 saturated carbocycles. The van der Waals surface area contributed by atoms with E-state index < -0.39 is 17.6 Å². The maximum absolute atomic E-state index is 13.0. The molecular formula is C27H32N2O5. The van der Waals surface area contributed by atoms with Crippen LogP contribution in [0, 0.1) is 5.92 Å². The van der Waals surface area contributed by atoms with E-state index in [1.54, 1.807) is 13.8 Å². The summed E-state index contributed by atoms with van der Waals surface area (Å²) in [6, 6.07) is 16.1. The summed E-state index contributed by atoms with van der Waals surface area (Å²) in [6.07, 6.45) is 1.30. The van der Waals surface area contributed by atoms with Crippen LogP contribution < -0.4 is 5.32 Å². The van der Waals surface area contributed by atoms with E-state index in [9.17, 15) is 19.5 Å². The predicted octanol–water partition coefficient (Wildman–Crippen LogP) is 4.41. The lowest BCUT2D eigenvalue weighted by Crippen LogP contribution is -2.53. The monoisotopic (exact) mass is 464 g/mol. The Balaban J connectivity index is 1.43. The highest BCUT2D eigenvalue weighted by Crippen LogP contribution is 2.45. The molecule has 1 unspecified atom stereocenters. The van der Waals surface area contributed by atoms with E-state index in [0.29, 0.717) is 0 Å². The minimum atomic E-state index is -1.06. The van der Waals surface area contributed by atoms with Crippen LogP contribution >= 0.6 is 0 Å². The SMILES string of the molecule is CC(C)N(CC(=O)O)C(=O)CC(C)(NC(=O)OCC1c2ccccc2-c2ccccc21)C1CC1. The number of nitrogens with one attached hydrogen (secondary N) is 1. The van der Waals surface area contributed by atoms with Gasteiger partial charge in [-0.1, -0.05) is 48.5 Å². The van der Waals surface area contributed by atoms with Crippen molar-refractivity contribution >= 4 is 18.0 Å². The molecule has 7 nitrogen and oxygen atoms in total. The van der Waals surface area contributed by atoms with Crippen LogP contribution in [0.3, 0.4) is 0 Å². The molecule has 2 N–H and O–H groups in total. The number of fused-ring (bicyclic) bond motifs is 3. The van der Waals surface area contributed by atoms with Crippen LogP contribution in [-0.4, -0.2) is 52.7 Å². The lowest BCUT2D eigenvalue weighted by atomic mass is 9.91. The van der Waals surface area contributed by atoms with E-state index >= 15 is 0 Å². The van der Waals surface area contributed by atoms with E-state index in [1.165, 1.54) is 4.90 Å². The maximum Gasteiger partial charge on any atom is 0.407 e. The lowest BCUT2D eigenvalue weighted by molar-refractivity contribution is -0.146. The van der Waals surface area contributed by atoms with Crippen molar-refractivity contribution in [2.75, 3.05) is 13.2 Å². The zero-order valence-electron chi connectivity index (χ0n) is 19.9. The first-order valence-electron chi connectivity index (χ1n) is 11.8. The normalized spacial score (nSPS) is 16.4. The smallest absolute Gasteiger partial charge is 0.407 e. The van der Waals surface area contributed by atoms with Crippen LogP contribution in [0.15, 0.2) is 48.5 Å². The standard InChI is InChI=1S/C27H32N2O5/c1-17(2)29(15-25(31)32)24(30)14-27(3,18-12-13-18)28-26(33)34-16-23-21-10-6-4-8-19(21)20-9-5-7-11-22(20)23/h4-11,17-18,23H,12-16H2,1-3H3,(H,28,33)(H,31,32). The van der Waals surface area contributed by atoms with Crippen LogP contribution in [-0.2, 0) is 14.3 Å². The summed E-state index contributed by atoms with van der Waals surface area (Å²) in [4.78, 5) is 38.4. The molecule has 34 heavy (non-hydrogen) atoms. The summed E-state index contributed by atoms with van der Waals surface area (Å²) < 4.78 is 5.70. The molecule has 7 heteroatoms. The summed E-state index contributed by atoms with van der Waals surface area (Å²) in [5.41, 5.74) is 3.81. The summed E-state index contributed by atoms with van der Waals surface area (Å²) in [5, 5.41) is 12.1. The second-order valence-corrected chi connectivity index (χ2v) is 9.83. The minimum Gasteiger partial charge on any atom is -0.480 e. The zero-order valence-corrected chi connectivity index (χ0v) is 19.9. The number of nitrogens with zero attached hydrogens (tertiary/aromatic N) is 1. The molecule has 2 aromatic rings. The Labute approximate surface area is 200 Å². The largest absolute Gasteiger partial charge is 0.480 e. The molecule has 0 bridgehead atoms. The summed E-state index contributed by atoms with van der Waals surface area (Å²) in [6.45, 7) is 5.26. The van der Waals surface area contributed by atoms with Gasteiger partial charge in [0, 0.05) is 12.0 Å². The Morgan fingerprint density at radius 2 is 1.62 bits per heavy atom. The molecule has 0 aromatic heterocycles. The fourth-order valence-electron chi connectivity index (χ4n) is 5.00. The van der Waals surface area contributed by atoms with Gasteiger partial charge in [0.2, 0.25) is 5.91 Å². The number of alkyl carbamates (subject to hydrolysis) is 1. The molecule has 2 amide bonds. The number of benzene rings is 2. The quantitative estimate of drug-likeness (QED) is 0.573. The third kappa shape index (κ3) is 4.93. The third-order valence-corrected chi connectivity index (χ3v) is 6.98. The highest BCUT2D eigenvalue weighted by atomic mass is 16.5. The van der Waals surface area contributed by atoms with E-state index in [-0.39, 0.29) is 43.4 Å². The van der Waals surface area contributed by atoms with Gasteiger partial charge in [0.15, 0.2) is 0 Å². The van der Waals surface area contributed by atoms with Crippen molar-refractivity contribution in [1.82, 2.24) is 10.2 Å². The number of hydrogen-bond acceptors (Lipinski definition) is 4. The van der Waals surface area contributed by atoms with Gasteiger partial charge in [0.05, 0.1) is 12.0 Å². The van der Waals surface area contributed by atoms with Crippen LogP contribution in [0.5, 0.6) is 0 Å². The van der Waals surface area contributed by atoms with Crippen molar-refractivity contribution in [1.29, 1.82) is 0 Å². The molecule has 1 atom stereocenters. The number of ether oxygens (including phenoxy) is 1. The number of hydrogen-bond donors (Lipinski definition) is 2. The Bertz CT molecular complexity index is 1050. The van der Waals surface area contributed by atoms with Crippen molar-refractivity contribution in [2.45, 2.75) is 57.5 Å². The highest BCUT2D eigenvalue weighted by molar-refractivity contribution is 5.83. The maximum atomic E-state index is 13.0. The molecule has 1 fully saturated rings. The van der Waals surface area contributed by atoms with E-state index in [4.69, 9.17) is 4.74 Å². The number of carbonyl (C=O) groups excluding carboxylic acids is 2. The second-order valence-electron chi connectivity index (χ2n) is 9.83. The molecule has 0 heterocycles. The molecule has 2 aromatic carbocycles. The number of rotatable bonds is 9. The van der Waals surface area contributed by atoms with Crippen LogP contribution in [0.1, 0.15) is 57.1 Å². The number of carboxylic acids is 1. The van der Waals surface area contributed by atoms with Crippen LogP contribution in [0.25, 0.3) is 11.1 Å². The summed E-state index contributed by atoms with van der Waals surface area (Å²) in [7, 11) is 0. The van der Waals surface area contributed by atoms with Gasteiger partial charge in [-0.2, -0.15) is 0 Å². The fraction of sp³-hybridized carbons (Fsp3) is 0.444. The molecule has 0 aliphatic heterocycles. The number of amides is 2. The van der Waals surface area contributed by atoms with E-state index in [2.05, 4.69) is 29.6 Å². The third-order valence-electron chi connectivity index (χ3n) is 6.98. The van der Waals surface area contributed by atoms with Gasteiger partial charge >= 0.3 is 12.1 Å². The van der Waals surface area contributed by atoms with Gasteiger partial charge in [0.25, 0.3) is 0 Å². The number of carbonyl (C=O) groups is 3. The minimum absolute atomic E-state index is 0.0350. The van der Waals surface area contributed by atoms with Gasteiger partial charge in [-0.15, -0.1) is 0 Å². The summed E-state index contributed by atoms with van der Waals surface area (Å²) in [5.74, 6) is -1.22. The first kappa shape index (κ1) is 23.8. The fourth-order valence-corrected chi connectivity index (χ4v) is 5.00. The lowest BCUT2D eigenvalue weighted by Gasteiger charge is -2.34. The Hall–Kier alpha value is -3.35. The van der Waals surface area contributed by atoms with Gasteiger partial charge in [-0.05, 0) is 61.8 Å². The molecule has 4 rings (SSSR count). The molecule has 0 saturated heterocycles. The van der Waals surface area contributed by atoms with E-state index in [0.717, 1.165) is 35.1 Å². The van der Waals surface area contributed by atoms with Gasteiger partial charge in [-0.25, -0.2) is 4.79 Å². The van der Waals surface area contributed by atoms with Gasteiger partial charge < -0.3 is 20.1 Å². The number of aliphatic carboxylic acids is 1. The van der Waals surface area contributed by atoms with Crippen molar-refractivity contribution < 1.29 is 24.2 Å². The average Bonchev–Trinajstić information content (AvgIpc) is 3.60. The number of carboxylic acid groups (broad SMARTS) is 1. The molecule has 180 valence electrons. The van der Waals surface area contributed by atoms with Crippen LogP contribution in [0.4, 0.5) is 4.79 Å². The Kier molecular flexibility index (Phi) is 6.64. The average molecular weight is 465 g/mol. The zero-order chi connectivity index (χ0) is 24.5. The first-order chi connectivity index (χ1) is 16.2. The highest BCUT2D eigenvalue weighted by Gasteiger charge is 2.45. The van der Waals surface area contributed by atoms with Gasteiger partial charge in [0.1, 0.15) is 13.2 Å². The molecular weight excluding hydrogens is 432 g/mol. The second kappa shape index (κ2) is 9.49. The van der Waals surface area contributed by atoms with Crippen molar-refractivity contribution in [3.63, 3.8) is 0 Å². The molecule has 2 aliphatic carbocycles. The molecule has 0 spiro atoms. The predicted molar refractivity (Wildman–Crippen MR) is 128 cm³/mol. The van der Waals surface area contributed by atoms with E-state index in [1.807, 2.05) is 31.2 Å². The Morgan fingerprint density at radius 3 is 2.12 bits per heavy atom. The van der Waals surface area contributed by atoms with Crippen molar-refractivity contribution in [3.05, 3.63) is 59.7 Å². The van der Waals surface area contributed by atoms with Crippen molar-refractivity contribution in [3.8, 4) is 11.1 Å². The summed E-state index contributed by atoms with van der Waals surface area (Å²) >= 11 is 0. The first-order valence-corrected chi connectivity index (χ1v) is 11.8. The van der Waals surface area contributed by atoms with Crippen LogP contribution in [0.2, 0.25) is 0 Å². The molecule has 0 radical (unpaired) electrons. The van der Waals surface area contributed by atoms with Crippen molar-refractivity contribution in [2.24, 2.45) is 5.92 Å². The topological polar surface area (TPSA) is 95.9 Å². The Morgan fingerprint density at radius 1 is 1.06 bits per heavy atom.